The van der Waals surface area contributed by atoms with Crippen molar-refractivity contribution in [1.29, 1.82) is 0 Å². The molecular formula is C69H46N6Si. The van der Waals surface area contributed by atoms with E-state index in [1.165, 1.54) is 0 Å². The highest BCUT2D eigenvalue weighted by molar-refractivity contribution is 7.19. The molecule has 0 aliphatic carbocycles. The smallest absolute Gasteiger partial charge is 0.238 e. The Morgan fingerprint density at radius 3 is 1.41 bits per heavy atom. The third-order valence-corrected chi connectivity index (χ3v) is 18.9. The molecule has 0 aliphatic rings. The van der Waals surface area contributed by atoms with Crippen LogP contribution in [0.25, 0.3) is 106 Å². The minimum Gasteiger partial charge on any atom is -0.309 e. The lowest BCUT2D eigenvalue weighted by molar-refractivity contribution is 0.950. The van der Waals surface area contributed by atoms with Gasteiger partial charge in [-0.25, -0.2) is 4.98 Å². The van der Waals surface area contributed by atoms with Crippen molar-refractivity contribution in [3.8, 4) is 40.1 Å². The van der Waals surface area contributed by atoms with Crippen LogP contribution in [0.4, 0.5) is 0 Å². The van der Waals surface area contributed by atoms with Gasteiger partial charge in [0.2, 0.25) is 5.95 Å². The summed E-state index contributed by atoms with van der Waals surface area (Å²) < 4.78 is 138. The molecule has 15 aromatic rings. The van der Waals surface area contributed by atoms with E-state index in [0.29, 0.717) is 27.1 Å². The van der Waals surface area contributed by atoms with Gasteiger partial charge in [0.15, 0.2) is 19.7 Å². The fourth-order valence-electron chi connectivity index (χ4n) is 11.4. The maximum Gasteiger partial charge on any atom is 0.238 e. The SMILES string of the molecule is [2H]c1c([2H])c([2H])c(-c2nc(-c3c([2H])c([2H])c([2H])c([Si](c4ccccc4)(c4ccccc4)c4c([2H])c([2H])c([2H])c([2H])c4[2H])c3[2H])nc(-n3c4ccccc4c4cccc(-n5c6ccccc6c6c(-n7c8ccccc8c8ccccc87)cccc65)c43)n2)c([2H])c1[2H]. The molecule has 0 unspecified atom stereocenters. The molecule has 7 heteroatoms. The third-order valence-electron chi connectivity index (χ3n) is 14.5. The molecule has 76 heavy (non-hydrogen) atoms. The number of fused-ring (bicyclic) bond motifs is 9. The fourth-order valence-corrected chi connectivity index (χ4v) is 15.6. The minimum absolute atomic E-state index is 0.172. The van der Waals surface area contributed by atoms with E-state index in [4.69, 9.17) is 23.2 Å². The van der Waals surface area contributed by atoms with E-state index in [2.05, 4.69) is 57.7 Å². The molecule has 0 saturated carbocycles. The number of para-hydroxylation sites is 5. The zero-order valence-corrected chi connectivity index (χ0v) is 41.2. The monoisotopic (exact) mass is 1000 g/mol. The van der Waals surface area contributed by atoms with Gasteiger partial charge in [-0.1, -0.05) is 236 Å². The van der Waals surface area contributed by atoms with Gasteiger partial charge in [0.25, 0.3) is 0 Å². The summed E-state index contributed by atoms with van der Waals surface area (Å²) in [7, 11) is -4.66. The van der Waals surface area contributed by atoms with Crippen LogP contribution in [0.2, 0.25) is 0 Å². The van der Waals surface area contributed by atoms with Crippen LogP contribution in [0, 0.1) is 0 Å². The van der Waals surface area contributed by atoms with Crippen molar-refractivity contribution in [1.82, 2.24) is 28.7 Å². The largest absolute Gasteiger partial charge is 0.309 e. The van der Waals surface area contributed by atoms with Gasteiger partial charge in [0.05, 0.1) is 63.7 Å². The maximum atomic E-state index is 10.6. The topological polar surface area (TPSA) is 53.5 Å². The normalized spacial score (nSPS) is 14.5. The Kier molecular flexibility index (Phi) is 7.33. The van der Waals surface area contributed by atoms with E-state index < -0.39 is 115 Å². The summed E-state index contributed by atoms with van der Waals surface area (Å²) in [6.45, 7) is 0. The summed E-state index contributed by atoms with van der Waals surface area (Å²) in [4.78, 5) is 15.2. The Morgan fingerprint density at radius 1 is 0.316 bits per heavy atom. The zero-order chi connectivity index (χ0) is 62.3. The predicted octanol–water partition coefficient (Wildman–Crippen LogP) is 13.9. The minimum atomic E-state index is -4.66. The standard InChI is InChI=1S/C69H46N6Si/c1-5-24-47(25-6-1)67-70-68(48-26-21-33-52(46-48)76(49-27-7-2-8-28-49,50-29-9-3-10-30-50)51-31-11-4-12-32-51)72-69(71-67)75-60-41-19-15-36-55(60)56-38-22-45-64(66(56)75)74-61-42-20-16-37-57(61)65-62(43-23-44-63(65)74)73-58-39-17-13-34-53(58)54-35-14-18-40-59(54)73/h1-46H/i1D,2D,5D,6D,7D,8D,21D,24D,25D,26D,27D,28D,33D,46D. The van der Waals surface area contributed by atoms with E-state index in [1.807, 2.05) is 84.9 Å². The molecule has 4 heterocycles. The van der Waals surface area contributed by atoms with Gasteiger partial charge in [-0.05, 0) is 63.2 Å². The first-order valence-corrected chi connectivity index (χ1v) is 26.7. The molecule has 0 saturated heterocycles. The second-order valence-corrected chi connectivity index (χ2v) is 22.1. The second-order valence-electron chi connectivity index (χ2n) is 18.4. The Bertz CT molecular complexity index is 5430. The average Bonchev–Trinajstić information content (AvgIpc) is 0.903. The van der Waals surface area contributed by atoms with Crippen molar-refractivity contribution in [2.24, 2.45) is 0 Å². The van der Waals surface area contributed by atoms with E-state index in [0.717, 1.165) is 60.1 Å². The van der Waals surface area contributed by atoms with Gasteiger partial charge >= 0.3 is 0 Å². The Balaban J connectivity index is 1.08. The summed E-state index contributed by atoms with van der Waals surface area (Å²) >= 11 is 0. The van der Waals surface area contributed by atoms with Crippen molar-refractivity contribution in [3.05, 3.63) is 279 Å². The van der Waals surface area contributed by atoms with Crippen molar-refractivity contribution in [3.63, 3.8) is 0 Å². The lowest BCUT2D eigenvalue weighted by Crippen LogP contribution is -2.74. The van der Waals surface area contributed by atoms with E-state index >= 15 is 0 Å². The number of benzene rings is 11. The maximum absolute atomic E-state index is 10.6. The van der Waals surface area contributed by atoms with Crippen LogP contribution in [0.15, 0.2) is 279 Å². The van der Waals surface area contributed by atoms with Crippen LogP contribution in [-0.4, -0.2) is 36.7 Å². The molecule has 15 rings (SSSR count). The molecule has 356 valence electrons. The Hall–Kier alpha value is -9.95. The summed E-state index contributed by atoms with van der Waals surface area (Å²) in [5, 5.41) is 5.99. The molecule has 6 nitrogen and oxygen atoms in total. The van der Waals surface area contributed by atoms with Crippen LogP contribution in [0.1, 0.15) is 19.2 Å². The van der Waals surface area contributed by atoms with Crippen LogP contribution in [0.3, 0.4) is 0 Å². The molecule has 0 atom stereocenters. The van der Waals surface area contributed by atoms with E-state index in [1.54, 1.807) is 65.2 Å². The molecule has 0 aliphatic heterocycles. The highest BCUT2D eigenvalue weighted by Crippen LogP contribution is 2.43. The van der Waals surface area contributed by atoms with Gasteiger partial charge < -0.3 is 9.13 Å². The predicted molar refractivity (Wildman–Crippen MR) is 317 cm³/mol. The lowest BCUT2D eigenvalue weighted by atomic mass is 10.1. The molecule has 4 aromatic heterocycles. The van der Waals surface area contributed by atoms with Crippen LogP contribution < -0.4 is 20.7 Å². The van der Waals surface area contributed by atoms with Crippen molar-refractivity contribution >= 4 is 94.2 Å². The summed E-state index contributed by atoms with van der Waals surface area (Å²) in [6.07, 6.45) is 0. The first-order chi connectivity index (χ1) is 43.6. The summed E-state index contributed by atoms with van der Waals surface area (Å²) in [5.74, 6) is -1.06. The van der Waals surface area contributed by atoms with Crippen LogP contribution in [0.5, 0.6) is 0 Å². The van der Waals surface area contributed by atoms with Gasteiger partial charge in [-0.3, -0.25) is 4.57 Å². The molecule has 0 amide bonds. The molecule has 0 fully saturated rings. The number of hydrogen-bond donors (Lipinski definition) is 0. The quantitative estimate of drug-likeness (QED) is 0.107. The van der Waals surface area contributed by atoms with Gasteiger partial charge in [-0.15, -0.1) is 0 Å². The molecule has 0 bridgehead atoms. The van der Waals surface area contributed by atoms with E-state index in [9.17, 15) is 11.0 Å². The number of nitrogens with zero attached hydrogens (tertiary/aromatic N) is 6. The first kappa shape index (κ1) is 31.6. The lowest BCUT2D eigenvalue weighted by Gasteiger charge is -2.34. The highest BCUT2D eigenvalue weighted by Gasteiger charge is 2.41. The van der Waals surface area contributed by atoms with Gasteiger partial charge in [-0.2, -0.15) is 9.97 Å². The first-order valence-electron chi connectivity index (χ1n) is 31.7. The molecule has 11 aromatic carbocycles. The van der Waals surface area contributed by atoms with Crippen LogP contribution in [-0.2, 0) is 0 Å². The van der Waals surface area contributed by atoms with Gasteiger partial charge in [0, 0.05) is 43.4 Å². The molecule has 0 N–H and O–H groups in total. The molecule has 0 radical (unpaired) electrons. The van der Waals surface area contributed by atoms with E-state index in [-0.39, 0.29) is 16.3 Å². The van der Waals surface area contributed by atoms with Crippen molar-refractivity contribution in [2.45, 2.75) is 0 Å². The Labute approximate surface area is 459 Å². The molecular weight excluding hydrogens is 941 g/mol. The zero-order valence-electron chi connectivity index (χ0n) is 54.2. The fraction of sp³-hybridized carbons (Fsp3) is 0. The summed E-state index contributed by atoms with van der Waals surface area (Å²) in [6, 6.07) is 52.6. The highest BCUT2D eigenvalue weighted by atomic mass is 28.3. The Morgan fingerprint density at radius 2 is 0.763 bits per heavy atom. The number of aromatic nitrogens is 6. The van der Waals surface area contributed by atoms with Crippen molar-refractivity contribution in [2.75, 3.05) is 0 Å². The average molecular weight is 1000 g/mol. The molecule has 0 spiro atoms. The van der Waals surface area contributed by atoms with Gasteiger partial charge in [0.1, 0.15) is 0 Å². The van der Waals surface area contributed by atoms with Crippen molar-refractivity contribution < 1.29 is 19.2 Å². The summed E-state index contributed by atoms with van der Waals surface area (Å²) in [5.41, 5.74) is 5.65. The number of rotatable bonds is 9. The third kappa shape index (κ3) is 6.62. The number of hydrogen-bond acceptors (Lipinski definition) is 3. The second kappa shape index (κ2) is 17.6. The van der Waals surface area contributed by atoms with Crippen LogP contribution >= 0.6 is 0 Å².